The molecule has 0 fully saturated rings. The van der Waals surface area contributed by atoms with Crippen molar-refractivity contribution in [3.05, 3.63) is 18.0 Å². The van der Waals surface area contributed by atoms with Gasteiger partial charge in [-0.2, -0.15) is 0 Å². The molecule has 5 heteroatoms. The molecule has 2 aromatic rings. The van der Waals surface area contributed by atoms with Crippen molar-refractivity contribution in [3.8, 4) is 0 Å². The predicted octanol–water partition coefficient (Wildman–Crippen LogP) is 1.58. The van der Waals surface area contributed by atoms with Crippen molar-refractivity contribution in [2.45, 2.75) is 12.8 Å². The molecule has 0 radical (unpaired) electrons. The number of anilines is 1. The molecular weight excluding hydrogens is 204 g/mol. The van der Waals surface area contributed by atoms with Crippen molar-refractivity contribution in [1.82, 2.24) is 15.0 Å². The third kappa shape index (κ3) is 2.30. The summed E-state index contributed by atoms with van der Waals surface area (Å²) in [6.45, 7) is 0.756. The molecular formula is C11H16N4O. The third-order valence-electron chi connectivity index (χ3n) is 2.41. The first-order valence-corrected chi connectivity index (χ1v) is 5.36. The molecule has 2 aromatic heterocycles. The number of hydrogen-bond acceptors (Lipinski definition) is 4. The number of aryl methyl sites for hydroxylation is 1. The van der Waals surface area contributed by atoms with Crippen LogP contribution in [0.5, 0.6) is 0 Å². The fourth-order valence-electron chi connectivity index (χ4n) is 1.58. The second kappa shape index (κ2) is 4.94. The lowest BCUT2D eigenvalue weighted by atomic mass is 10.3. The van der Waals surface area contributed by atoms with Gasteiger partial charge in [0.1, 0.15) is 11.6 Å². The fraction of sp³-hybridized carbons (Fsp3) is 0.455. The largest absolute Gasteiger partial charge is 0.385 e. The Balaban J connectivity index is 2.16. The molecule has 16 heavy (non-hydrogen) atoms. The minimum Gasteiger partial charge on any atom is -0.385 e. The standard InChI is InChI=1S/C11H16N4O/c1-12-9-6-5-8-11(14-9)15-10(13-8)4-3-7-16-2/h5-6H,3-4,7H2,1-2H3,(H2,12,13,14,15). The molecule has 86 valence electrons. The Labute approximate surface area is 94.2 Å². The van der Waals surface area contributed by atoms with Crippen LogP contribution in [0.4, 0.5) is 5.82 Å². The van der Waals surface area contributed by atoms with E-state index in [2.05, 4.69) is 20.3 Å². The van der Waals surface area contributed by atoms with Crippen LogP contribution < -0.4 is 5.32 Å². The van der Waals surface area contributed by atoms with Gasteiger partial charge in [0.15, 0.2) is 5.65 Å². The normalized spacial score (nSPS) is 10.9. The smallest absolute Gasteiger partial charge is 0.179 e. The summed E-state index contributed by atoms with van der Waals surface area (Å²) < 4.78 is 5.01. The van der Waals surface area contributed by atoms with E-state index in [1.165, 1.54) is 0 Å². The zero-order chi connectivity index (χ0) is 11.4. The third-order valence-corrected chi connectivity index (χ3v) is 2.41. The van der Waals surface area contributed by atoms with Gasteiger partial charge in [-0.25, -0.2) is 9.97 Å². The number of pyridine rings is 1. The number of rotatable bonds is 5. The second-order valence-corrected chi connectivity index (χ2v) is 3.60. The number of aromatic nitrogens is 3. The van der Waals surface area contributed by atoms with E-state index >= 15 is 0 Å². The van der Waals surface area contributed by atoms with E-state index in [1.807, 2.05) is 19.2 Å². The lowest BCUT2D eigenvalue weighted by molar-refractivity contribution is 0.194. The molecule has 2 heterocycles. The number of nitrogens with one attached hydrogen (secondary N) is 2. The summed E-state index contributed by atoms with van der Waals surface area (Å²) in [6.07, 6.45) is 1.86. The van der Waals surface area contributed by atoms with Crippen molar-refractivity contribution in [1.29, 1.82) is 0 Å². The Hall–Kier alpha value is -1.62. The van der Waals surface area contributed by atoms with Crippen LogP contribution in [0.2, 0.25) is 0 Å². The SMILES string of the molecule is CNc1ccc2[nH]c(CCCOC)nc2n1. The van der Waals surface area contributed by atoms with E-state index in [4.69, 9.17) is 4.74 Å². The molecule has 2 N–H and O–H groups in total. The molecule has 0 bridgehead atoms. The number of methoxy groups -OCH3 is 1. The molecule has 0 amide bonds. The average Bonchev–Trinajstić information content (AvgIpc) is 2.70. The Kier molecular flexibility index (Phi) is 3.36. The summed E-state index contributed by atoms with van der Waals surface area (Å²) in [7, 11) is 3.56. The lowest BCUT2D eigenvalue weighted by Crippen LogP contribution is -1.94. The number of imidazole rings is 1. The summed E-state index contributed by atoms with van der Waals surface area (Å²) in [5.41, 5.74) is 1.74. The number of H-pyrrole nitrogens is 1. The quantitative estimate of drug-likeness (QED) is 0.751. The number of nitrogens with zero attached hydrogens (tertiary/aromatic N) is 2. The molecule has 0 spiro atoms. The zero-order valence-electron chi connectivity index (χ0n) is 9.58. The van der Waals surface area contributed by atoms with Crippen LogP contribution in [0.1, 0.15) is 12.2 Å². The highest BCUT2D eigenvalue weighted by molar-refractivity contribution is 5.72. The summed E-state index contributed by atoms with van der Waals surface area (Å²) >= 11 is 0. The molecule has 0 aliphatic heterocycles. The highest BCUT2D eigenvalue weighted by atomic mass is 16.5. The van der Waals surface area contributed by atoms with Crippen molar-refractivity contribution in [3.63, 3.8) is 0 Å². The van der Waals surface area contributed by atoms with Crippen LogP contribution >= 0.6 is 0 Å². The van der Waals surface area contributed by atoms with Gasteiger partial charge in [0, 0.05) is 27.2 Å². The molecule has 0 aromatic carbocycles. The van der Waals surface area contributed by atoms with Crippen molar-refractivity contribution < 1.29 is 4.74 Å². The molecule has 2 rings (SSSR count). The van der Waals surface area contributed by atoms with Gasteiger partial charge in [-0.05, 0) is 18.6 Å². The van der Waals surface area contributed by atoms with E-state index in [9.17, 15) is 0 Å². The summed E-state index contributed by atoms with van der Waals surface area (Å²) in [5.74, 6) is 1.80. The monoisotopic (exact) mass is 220 g/mol. The molecule has 0 unspecified atom stereocenters. The van der Waals surface area contributed by atoms with Crippen LogP contribution in [-0.2, 0) is 11.2 Å². The van der Waals surface area contributed by atoms with E-state index < -0.39 is 0 Å². The van der Waals surface area contributed by atoms with Gasteiger partial charge in [-0.3, -0.25) is 0 Å². The molecule has 0 saturated heterocycles. The number of aromatic amines is 1. The van der Waals surface area contributed by atoms with E-state index in [0.29, 0.717) is 0 Å². The average molecular weight is 220 g/mol. The van der Waals surface area contributed by atoms with E-state index in [-0.39, 0.29) is 0 Å². The van der Waals surface area contributed by atoms with Gasteiger partial charge in [-0.15, -0.1) is 0 Å². The Bertz CT molecular complexity index is 466. The maximum atomic E-state index is 5.01. The molecule has 0 atom stereocenters. The van der Waals surface area contributed by atoms with Crippen molar-refractivity contribution in [2.24, 2.45) is 0 Å². The topological polar surface area (TPSA) is 62.8 Å². The van der Waals surface area contributed by atoms with E-state index in [0.717, 1.165) is 42.3 Å². The minimum absolute atomic E-state index is 0.756. The van der Waals surface area contributed by atoms with Gasteiger partial charge in [0.25, 0.3) is 0 Å². The van der Waals surface area contributed by atoms with Crippen LogP contribution in [0.3, 0.4) is 0 Å². The maximum absolute atomic E-state index is 5.01. The molecule has 5 nitrogen and oxygen atoms in total. The van der Waals surface area contributed by atoms with Gasteiger partial charge in [0.05, 0.1) is 5.52 Å². The fourth-order valence-corrected chi connectivity index (χ4v) is 1.58. The van der Waals surface area contributed by atoms with Crippen LogP contribution in [0, 0.1) is 0 Å². The number of hydrogen-bond donors (Lipinski definition) is 2. The van der Waals surface area contributed by atoms with Crippen molar-refractivity contribution in [2.75, 3.05) is 26.1 Å². The lowest BCUT2D eigenvalue weighted by Gasteiger charge is -1.95. The Morgan fingerprint density at radius 1 is 1.38 bits per heavy atom. The second-order valence-electron chi connectivity index (χ2n) is 3.60. The van der Waals surface area contributed by atoms with Crippen LogP contribution in [0.25, 0.3) is 11.2 Å². The summed E-state index contributed by atoms with van der Waals surface area (Å²) in [5, 5.41) is 3.00. The summed E-state index contributed by atoms with van der Waals surface area (Å²) in [4.78, 5) is 12.0. The first-order chi connectivity index (χ1) is 7.83. The highest BCUT2D eigenvalue weighted by Gasteiger charge is 2.04. The minimum atomic E-state index is 0.756. The van der Waals surface area contributed by atoms with Crippen molar-refractivity contribution >= 4 is 17.0 Å². The Morgan fingerprint density at radius 2 is 2.25 bits per heavy atom. The van der Waals surface area contributed by atoms with Gasteiger partial charge in [-0.1, -0.05) is 0 Å². The molecule has 0 aliphatic carbocycles. The zero-order valence-corrected chi connectivity index (χ0v) is 9.58. The first-order valence-electron chi connectivity index (χ1n) is 5.36. The maximum Gasteiger partial charge on any atom is 0.179 e. The van der Waals surface area contributed by atoms with Crippen LogP contribution in [0.15, 0.2) is 12.1 Å². The van der Waals surface area contributed by atoms with Gasteiger partial charge in [0.2, 0.25) is 0 Å². The molecule has 0 aliphatic rings. The number of ether oxygens (including phenoxy) is 1. The Morgan fingerprint density at radius 3 is 3.00 bits per heavy atom. The number of fused-ring (bicyclic) bond motifs is 1. The highest BCUT2D eigenvalue weighted by Crippen LogP contribution is 2.13. The van der Waals surface area contributed by atoms with E-state index in [1.54, 1.807) is 7.11 Å². The van der Waals surface area contributed by atoms with Gasteiger partial charge >= 0.3 is 0 Å². The van der Waals surface area contributed by atoms with Gasteiger partial charge < -0.3 is 15.0 Å². The molecule has 0 saturated carbocycles. The predicted molar refractivity (Wildman–Crippen MR) is 63.6 cm³/mol. The first kappa shape index (κ1) is 10.9. The summed E-state index contributed by atoms with van der Waals surface area (Å²) in [6, 6.07) is 3.92. The van der Waals surface area contributed by atoms with Crippen LogP contribution in [-0.4, -0.2) is 35.7 Å².